The molecule has 0 radical (unpaired) electrons. The summed E-state index contributed by atoms with van der Waals surface area (Å²) >= 11 is 0. The Labute approximate surface area is 190 Å². The minimum atomic E-state index is -1.28. The van der Waals surface area contributed by atoms with Gasteiger partial charge < -0.3 is 20.1 Å². The first-order valence-corrected chi connectivity index (χ1v) is 10.3. The van der Waals surface area contributed by atoms with Crippen LogP contribution in [-0.4, -0.2) is 30.9 Å². The summed E-state index contributed by atoms with van der Waals surface area (Å²) in [7, 11) is 0. The quantitative estimate of drug-likeness (QED) is 0.483. The summed E-state index contributed by atoms with van der Waals surface area (Å²) in [6, 6.07) is 20.7. The van der Waals surface area contributed by atoms with Gasteiger partial charge in [-0.3, -0.25) is 14.4 Å². The molecule has 8 heteroatoms. The number of nitrogens with one attached hydrogen (secondary N) is 2. The van der Waals surface area contributed by atoms with Gasteiger partial charge in [0.1, 0.15) is 18.1 Å². The maximum absolute atomic E-state index is 13.8. The van der Waals surface area contributed by atoms with Gasteiger partial charge in [-0.1, -0.05) is 54.6 Å². The van der Waals surface area contributed by atoms with E-state index in [1.807, 2.05) is 6.92 Å². The summed E-state index contributed by atoms with van der Waals surface area (Å²) in [5.74, 6) is -2.46. The largest absolute Gasteiger partial charge is 0.492 e. The van der Waals surface area contributed by atoms with Crippen molar-refractivity contribution in [3.8, 4) is 5.75 Å². The summed E-state index contributed by atoms with van der Waals surface area (Å²) in [6.07, 6.45) is -1.28. The van der Waals surface area contributed by atoms with Crippen LogP contribution in [0.5, 0.6) is 5.75 Å². The van der Waals surface area contributed by atoms with Crippen LogP contribution in [0.4, 0.5) is 10.1 Å². The van der Waals surface area contributed by atoms with Gasteiger partial charge in [0, 0.05) is 5.56 Å². The number of ether oxygens (including phenoxy) is 2. The highest BCUT2D eigenvalue weighted by Gasteiger charge is 2.26. The number of para-hydroxylation sites is 2. The van der Waals surface area contributed by atoms with Gasteiger partial charge in [0.05, 0.1) is 17.9 Å². The highest BCUT2D eigenvalue weighted by Crippen LogP contribution is 2.26. The lowest BCUT2D eigenvalue weighted by molar-refractivity contribution is -0.153. The number of hydrogen-bond acceptors (Lipinski definition) is 5. The molecule has 0 aliphatic rings. The number of benzene rings is 3. The van der Waals surface area contributed by atoms with E-state index in [2.05, 4.69) is 10.6 Å². The van der Waals surface area contributed by atoms with Crippen LogP contribution in [0.2, 0.25) is 0 Å². The first-order valence-electron chi connectivity index (χ1n) is 10.3. The highest BCUT2D eigenvalue weighted by atomic mass is 19.1. The van der Waals surface area contributed by atoms with E-state index < -0.39 is 36.2 Å². The van der Waals surface area contributed by atoms with Gasteiger partial charge >= 0.3 is 5.97 Å². The zero-order chi connectivity index (χ0) is 23.6. The second-order valence-corrected chi connectivity index (χ2v) is 6.86. The number of esters is 1. The van der Waals surface area contributed by atoms with E-state index in [-0.39, 0.29) is 5.56 Å². The summed E-state index contributed by atoms with van der Waals surface area (Å²) in [6.45, 7) is 1.69. The Hall–Kier alpha value is -4.20. The minimum absolute atomic E-state index is 0.199. The topological polar surface area (TPSA) is 93.7 Å². The Balaban J connectivity index is 1.71. The lowest BCUT2D eigenvalue weighted by Gasteiger charge is -2.19. The lowest BCUT2D eigenvalue weighted by atomic mass is 10.1. The molecule has 0 saturated carbocycles. The van der Waals surface area contributed by atoms with Crippen molar-refractivity contribution in [2.75, 3.05) is 18.5 Å². The normalized spacial score (nSPS) is 11.2. The number of hydrogen-bond donors (Lipinski definition) is 2. The van der Waals surface area contributed by atoms with E-state index in [1.54, 1.807) is 54.6 Å². The molecule has 1 unspecified atom stereocenters. The fraction of sp³-hybridized carbons (Fsp3) is 0.160. The molecule has 0 aliphatic carbocycles. The maximum atomic E-state index is 13.8. The van der Waals surface area contributed by atoms with Gasteiger partial charge in [0.15, 0.2) is 0 Å². The van der Waals surface area contributed by atoms with Crippen LogP contribution in [0.15, 0.2) is 78.9 Å². The summed E-state index contributed by atoms with van der Waals surface area (Å²) in [4.78, 5) is 37.6. The van der Waals surface area contributed by atoms with Crippen molar-refractivity contribution in [3.63, 3.8) is 0 Å². The van der Waals surface area contributed by atoms with Gasteiger partial charge in [0.2, 0.25) is 6.10 Å². The molecule has 0 aliphatic heterocycles. The van der Waals surface area contributed by atoms with Crippen molar-refractivity contribution >= 4 is 23.5 Å². The van der Waals surface area contributed by atoms with E-state index in [0.29, 0.717) is 23.6 Å². The smallest absolute Gasteiger partial charge is 0.326 e. The fourth-order valence-corrected chi connectivity index (χ4v) is 3.02. The van der Waals surface area contributed by atoms with Crippen molar-refractivity contribution < 1.29 is 28.2 Å². The highest BCUT2D eigenvalue weighted by molar-refractivity contribution is 5.98. The standard InChI is InChI=1S/C25H23FN2O5/c1-2-32-21-15-9-8-14-20(21)28-25(31)23(17-10-4-3-5-11-17)33-22(29)16-27-24(30)18-12-6-7-13-19(18)26/h3-15,23H,2,16H2,1H3,(H,27,30)(H,28,31). The molecule has 2 amide bonds. The maximum Gasteiger partial charge on any atom is 0.326 e. The molecule has 0 aromatic heterocycles. The van der Waals surface area contributed by atoms with Crippen LogP contribution in [-0.2, 0) is 14.3 Å². The Morgan fingerprint density at radius 3 is 2.30 bits per heavy atom. The van der Waals surface area contributed by atoms with Crippen LogP contribution in [0, 0.1) is 5.82 Å². The number of anilines is 1. The molecular formula is C25H23FN2O5. The molecule has 0 saturated heterocycles. The van der Waals surface area contributed by atoms with Gasteiger partial charge in [0.25, 0.3) is 11.8 Å². The molecule has 2 N–H and O–H groups in total. The van der Waals surface area contributed by atoms with Crippen molar-refractivity contribution in [1.29, 1.82) is 0 Å². The minimum Gasteiger partial charge on any atom is -0.492 e. The van der Waals surface area contributed by atoms with Gasteiger partial charge in [-0.25, -0.2) is 4.39 Å². The van der Waals surface area contributed by atoms with E-state index in [4.69, 9.17) is 9.47 Å². The number of halogens is 1. The summed E-state index contributed by atoms with van der Waals surface area (Å²) < 4.78 is 24.7. The van der Waals surface area contributed by atoms with Crippen LogP contribution in [0.3, 0.4) is 0 Å². The van der Waals surface area contributed by atoms with Crippen LogP contribution >= 0.6 is 0 Å². The van der Waals surface area contributed by atoms with Gasteiger partial charge in [-0.15, -0.1) is 0 Å². The van der Waals surface area contributed by atoms with Crippen molar-refractivity contribution in [3.05, 3.63) is 95.8 Å². The van der Waals surface area contributed by atoms with Crippen LogP contribution in [0.1, 0.15) is 28.9 Å². The molecule has 33 heavy (non-hydrogen) atoms. The molecule has 3 aromatic carbocycles. The molecule has 0 bridgehead atoms. The van der Waals surface area contributed by atoms with Gasteiger partial charge in [-0.05, 0) is 31.2 Å². The van der Waals surface area contributed by atoms with Crippen LogP contribution < -0.4 is 15.4 Å². The summed E-state index contributed by atoms with van der Waals surface area (Å²) in [5.41, 5.74) is 0.669. The third-order valence-corrected chi connectivity index (χ3v) is 4.55. The Morgan fingerprint density at radius 1 is 0.909 bits per heavy atom. The average molecular weight is 450 g/mol. The monoisotopic (exact) mass is 450 g/mol. The van der Waals surface area contributed by atoms with Crippen molar-refractivity contribution in [2.24, 2.45) is 0 Å². The molecule has 0 spiro atoms. The SMILES string of the molecule is CCOc1ccccc1NC(=O)C(OC(=O)CNC(=O)c1ccccc1F)c1ccccc1. The molecule has 3 aromatic rings. The Bertz CT molecular complexity index is 1120. The average Bonchev–Trinajstić information content (AvgIpc) is 2.83. The lowest BCUT2D eigenvalue weighted by Crippen LogP contribution is -2.34. The van der Waals surface area contributed by atoms with E-state index in [1.165, 1.54) is 18.2 Å². The third kappa shape index (κ3) is 6.39. The Kier molecular flexibility index (Phi) is 8.13. The zero-order valence-electron chi connectivity index (χ0n) is 17.9. The van der Waals surface area contributed by atoms with Crippen molar-refractivity contribution in [1.82, 2.24) is 5.32 Å². The van der Waals surface area contributed by atoms with E-state index in [9.17, 15) is 18.8 Å². The third-order valence-electron chi connectivity index (χ3n) is 4.55. The number of carbonyl (C=O) groups is 3. The molecule has 170 valence electrons. The zero-order valence-corrected chi connectivity index (χ0v) is 17.9. The van der Waals surface area contributed by atoms with Crippen LogP contribution in [0.25, 0.3) is 0 Å². The van der Waals surface area contributed by atoms with Gasteiger partial charge in [-0.2, -0.15) is 0 Å². The molecule has 1 atom stereocenters. The molecule has 7 nitrogen and oxygen atoms in total. The second-order valence-electron chi connectivity index (χ2n) is 6.86. The van der Waals surface area contributed by atoms with E-state index in [0.717, 1.165) is 6.07 Å². The van der Waals surface area contributed by atoms with E-state index >= 15 is 0 Å². The number of amides is 2. The number of rotatable bonds is 9. The second kappa shape index (κ2) is 11.4. The molecule has 0 fully saturated rings. The number of carbonyl (C=O) groups excluding carboxylic acids is 3. The molecule has 0 heterocycles. The first kappa shape index (κ1) is 23.5. The molecule has 3 rings (SSSR count). The van der Waals surface area contributed by atoms with Crippen molar-refractivity contribution in [2.45, 2.75) is 13.0 Å². The fourth-order valence-electron chi connectivity index (χ4n) is 3.02. The molecular weight excluding hydrogens is 427 g/mol. The Morgan fingerprint density at radius 2 is 1.58 bits per heavy atom. The first-order chi connectivity index (χ1) is 16.0. The summed E-state index contributed by atoms with van der Waals surface area (Å²) in [5, 5.41) is 5.03. The predicted octanol–water partition coefficient (Wildman–Crippen LogP) is 3.88. The predicted molar refractivity (Wildman–Crippen MR) is 120 cm³/mol.